The molecule has 0 unspecified atom stereocenters. The number of benzene rings is 1. The smallest absolute Gasteiger partial charge is 0.268 e. The topological polar surface area (TPSA) is 32.7 Å². The third-order valence-corrected chi connectivity index (χ3v) is 2.90. The predicted molar refractivity (Wildman–Crippen MR) is 65.2 cm³/mol. The first kappa shape index (κ1) is 10.9. The number of carbonyl (C=O) groups excluding carboxylic acids is 1. The molecule has 0 saturated heterocycles. The highest BCUT2D eigenvalue weighted by atomic mass is 16.2. The van der Waals surface area contributed by atoms with E-state index in [9.17, 15) is 4.79 Å². The third-order valence-electron chi connectivity index (χ3n) is 2.90. The van der Waals surface area contributed by atoms with Gasteiger partial charge in [0.1, 0.15) is 5.71 Å². The lowest BCUT2D eigenvalue weighted by Gasteiger charge is -2.18. The van der Waals surface area contributed by atoms with Crippen molar-refractivity contribution in [3.05, 3.63) is 29.8 Å². The number of amides is 1. The van der Waals surface area contributed by atoms with Gasteiger partial charge in [0, 0.05) is 19.5 Å². The summed E-state index contributed by atoms with van der Waals surface area (Å²) < 4.78 is 0. The minimum absolute atomic E-state index is 0.0706. The van der Waals surface area contributed by atoms with Gasteiger partial charge < -0.3 is 4.90 Å². The molecule has 3 nitrogen and oxygen atoms in total. The fourth-order valence-electron chi connectivity index (χ4n) is 1.95. The van der Waals surface area contributed by atoms with E-state index in [-0.39, 0.29) is 5.91 Å². The highest BCUT2D eigenvalue weighted by Crippen LogP contribution is 2.26. The van der Waals surface area contributed by atoms with Crippen molar-refractivity contribution < 1.29 is 4.79 Å². The van der Waals surface area contributed by atoms with Crippen molar-refractivity contribution in [3.63, 3.8) is 0 Å². The van der Waals surface area contributed by atoms with Gasteiger partial charge in [-0.2, -0.15) is 0 Å². The summed E-state index contributed by atoms with van der Waals surface area (Å²) in [4.78, 5) is 18.3. The maximum atomic E-state index is 12.1. The quantitative estimate of drug-likeness (QED) is 0.762. The third kappa shape index (κ3) is 1.85. The normalized spacial score (nSPS) is 13.2. The predicted octanol–water partition coefficient (Wildman–Crippen LogP) is 2.18. The molecule has 84 valence electrons. The zero-order valence-electron chi connectivity index (χ0n) is 9.73. The van der Waals surface area contributed by atoms with Crippen LogP contribution in [0.5, 0.6) is 0 Å². The van der Waals surface area contributed by atoms with Crippen molar-refractivity contribution in [2.45, 2.75) is 20.3 Å². The van der Waals surface area contributed by atoms with Crippen LogP contribution in [0.3, 0.4) is 0 Å². The van der Waals surface area contributed by atoms with Crippen molar-refractivity contribution >= 4 is 17.3 Å². The average molecular weight is 216 g/mol. The van der Waals surface area contributed by atoms with Gasteiger partial charge in [-0.05, 0) is 25.5 Å². The molecule has 0 atom stereocenters. The molecule has 1 aliphatic heterocycles. The van der Waals surface area contributed by atoms with Crippen LogP contribution in [0.1, 0.15) is 19.4 Å². The van der Waals surface area contributed by atoms with E-state index in [0.29, 0.717) is 12.1 Å². The SMILES string of the molecule is CCN(CC)C(=O)C1=Nc2ccccc2C1. The van der Waals surface area contributed by atoms with Crippen LogP contribution in [-0.2, 0) is 11.2 Å². The minimum atomic E-state index is 0.0706. The van der Waals surface area contributed by atoms with Gasteiger partial charge >= 0.3 is 0 Å². The molecule has 0 radical (unpaired) electrons. The summed E-state index contributed by atoms with van der Waals surface area (Å²) in [6, 6.07) is 7.92. The summed E-state index contributed by atoms with van der Waals surface area (Å²) in [5.41, 5.74) is 2.76. The van der Waals surface area contributed by atoms with Gasteiger partial charge in [-0.15, -0.1) is 0 Å². The molecule has 1 aromatic rings. The minimum Gasteiger partial charge on any atom is -0.338 e. The molecule has 0 aliphatic carbocycles. The summed E-state index contributed by atoms with van der Waals surface area (Å²) in [6.45, 7) is 5.46. The Hall–Kier alpha value is -1.64. The molecule has 0 fully saturated rings. The molecule has 1 aliphatic rings. The summed E-state index contributed by atoms with van der Waals surface area (Å²) in [5.74, 6) is 0.0706. The Morgan fingerprint density at radius 2 is 2.00 bits per heavy atom. The molecule has 16 heavy (non-hydrogen) atoms. The molecule has 0 aromatic heterocycles. The van der Waals surface area contributed by atoms with E-state index in [0.717, 1.165) is 24.3 Å². The second-order valence-electron chi connectivity index (χ2n) is 3.84. The lowest BCUT2D eigenvalue weighted by molar-refractivity contribution is -0.123. The van der Waals surface area contributed by atoms with Crippen LogP contribution >= 0.6 is 0 Å². The first-order valence-corrected chi connectivity index (χ1v) is 5.71. The molecule has 0 bridgehead atoms. The van der Waals surface area contributed by atoms with Gasteiger partial charge in [0.2, 0.25) is 0 Å². The van der Waals surface area contributed by atoms with Crippen LogP contribution in [0.15, 0.2) is 29.3 Å². The van der Waals surface area contributed by atoms with Crippen LogP contribution in [-0.4, -0.2) is 29.6 Å². The van der Waals surface area contributed by atoms with Gasteiger partial charge in [0.25, 0.3) is 5.91 Å². The lowest BCUT2D eigenvalue weighted by atomic mass is 10.1. The first-order valence-electron chi connectivity index (χ1n) is 5.71. The molecule has 3 heteroatoms. The molecule has 1 amide bonds. The Morgan fingerprint density at radius 1 is 1.31 bits per heavy atom. The Labute approximate surface area is 95.8 Å². The van der Waals surface area contributed by atoms with E-state index >= 15 is 0 Å². The number of hydrogen-bond acceptors (Lipinski definition) is 2. The standard InChI is InChI=1S/C13H16N2O/c1-3-15(4-2)13(16)12-9-10-7-5-6-8-11(10)14-12/h5-8H,3-4,9H2,1-2H3. The summed E-state index contributed by atoms with van der Waals surface area (Å²) in [7, 11) is 0. The van der Waals surface area contributed by atoms with Gasteiger partial charge in [-0.3, -0.25) is 4.79 Å². The van der Waals surface area contributed by atoms with E-state index < -0.39 is 0 Å². The van der Waals surface area contributed by atoms with E-state index in [1.54, 1.807) is 0 Å². The van der Waals surface area contributed by atoms with E-state index in [1.165, 1.54) is 0 Å². The van der Waals surface area contributed by atoms with Crippen LogP contribution in [0, 0.1) is 0 Å². The fourth-order valence-corrected chi connectivity index (χ4v) is 1.95. The van der Waals surface area contributed by atoms with Crippen LogP contribution in [0.2, 0.25) is 0 Å². The van der Waals surface area contributed by atoms with Gasteiger partial charge in [-0.1, -0.05) is 18.2 Å². The first-order chi connectivity index (χ1) is 7.76. The van der Waals surface area contributed by atoms with Crippen molar-refractivity contribution in [1.82, 2.24) is 4.90 Å². The lowest BCUT2D eigenvalue weighted by Crippen LogP contribution is -2.36. The molecule has 0 N–H and O–H groups in total. The summed E-state index contributed by atoms with van der Waals surface area (Å²) in [6.07, 6.45) is 0.672. The molecule has 0 saturated carbocycles. The Morgan fingerprint density at radius 3 is 2.62 bits per heavy atom. The highest BCUT2D eigenvalue weighted by molar-refractivity contribution is 6.40. The van der Waals surface area contributed by atoms with Crippen LogP contribution < -0.4 is 0 Å². The molecular formula is C13H16N2O. The van der Waals surface area contributed by atoms with Crippen molar-refractivity contribution in [2.75, 3.05) is 13.1 Å². The maximum absolute atomic E-state index is 12.1. The Kier molecular flexibility index (Phi) is 3.04. The molecule has 1 heterocycles. The zero-order chi connectivity index (χ0) is 11.5. The number of aliphatic imine (C=N–C) groups is 1. The number of carbonyl (C=O) groups is 1. The largest absolute Gasteiger partial charge is 0.338 e. The number of para-hydroxylation sites is 1. The molecule has 2 rings (SSSR count). The Bertz CT molecular complexity index is 433. The van der Waals surface area contributed by atoms with E-state index in [1.807, 2.05) is 43.0 Å². The van der Waals surface area contributed by atoms with Crippen LogP contribution in [0.25, 0.3) is 0 Å². The number of nitrogens with zero attached hydrogens (tertiary/aromatic N) is 2. The zero-order valence-corrected chi connectivity index (χ0v) is 9.73. The molecule has 1 aromatic carbocycles. The van der Waals surface area contributed by atoms with Gasteiger partial charge in [0.05, 0.1) is 5.69 Å². The number of fused-ring (bicyclic) bond motifs is 1. The monoisotopic (exact) mass is 216 g/mol. The van der Waals surface area contributed by atoms with Gasteiger partial charge in [0.15, 0.2) is 0 Å². The molecular weight excluding hydrogens is 200 g/mol. The van der Waals surface area contributed by atoms with E-state index in [2.05, 4.69) is 4.99 Å². The van der Waals surface area contributed by atoms with Gasteiger partial charge in [-0.25, -0.2) is 4.99 Å². The summed E-state index contributed by atoms with van der Waals surface area (Å²) >= 11 is 0. The van der Waals surface area contributed by atoms with E-state index in [4.69, 9.17) is 0 Å². The number of hydrogen-bond donors (Lipinski definition) is 0. The van der Waals surface area contributed by atoms with Crippen molar-refractivity contribution in [3.8, 4) is 0 Å². The van der Waals surface area contributed by atoms with Crippen molar-refractivity contribution in [2.24, 2.45) is 4.99 Å². The van der Waals surface area contributed by atoms with Crippen LogP contribution in [0.4, 0.5) is 5.69 Å². The fraction of sp³-hybridized carbons (Fsp3) is 0.385. The second kappa shape index (κ2) is 4.47. The van der Waals surface area contributed by atoms with Crippen molar-refractivity contribution in [1.29, 1.82) is 0 Å². The Balaban J connectivity index is 2.19. The maximum Gasteiger partial charge on any atom is 0.268 e. The molecule has 0 spiro atoms. The summed E-state index contributed by atoms with van der Waals surface area (Å²) in [5, 5.41) is 0. The second-order valence-corrected chi connectivity index (χ2v) is 3.84. The number of rotatable bonds is 3. The average Bonchev–Trinajstić information content (AvgIpc) is 2.74. The highest BCUT2D eigenvalue weighted by Gasteiger charge is 2.22.